The Kier molecular flexibility index (Phi) is 5.33. The van der Waals surface area contributed by atoms with Crippen LogP contribution in [-0.4, -0.2) is 5.11 Å². The van der Waals surface area contributed by atoms with Gasteiger partial charge in [0.2, 0.25) is 0 Å². The van der Waals surface area contributed by atoms with Gasteiger partial charge in [-0.05, 0) is 29.5 Å². The highest BCUT2D eigenvalue weighted by Crippen LogP contribution is 2.15. The smallest absolute Gasteiger partial charge is 0.0971 e. The first-order valence-electron chi connectivity index (χ1n) is 6.91. The summed E-state index contributed by atoms with van der Waals surface area (Å²) in [7, 11) is 0. The summed E-state index contributed by atoms with van der Waals surface area (Å²) >= 11 is 0. The van der Waals surface area contributed by atoms with Gasteiger partial charge in [-0.1, -0.05) is 79.4 Å². The Morgan fingerprint density at radius 2 is 1.70 bits per heavy atom. The van der Waals surface area contributed by atoms with Crippen LogP contribution in [0.2, 0.25) is 0 Å². The van der Waals surface area contributed by atoms with Crippen LogP contribution in [0.3, 0.4) is 0 Å². The van der Waals surface area contributed by atoms with E-state index in [0.29, 0.717) is 0 Å². The SMILES string of the molecule is C=Cc1ccccc1CC/C=C/C(O)c1ccccc1. The van der Waals surface area contributed by atoms with Crippen molar-refractivity contribution < 1.29 is 5.11 Å². The molecule has 0 aliphatic carbocycles. The molecule has 0 aliphatic heterocycles. The molecule has 102 valence electrons. The Balaban J connectivity index is 1.89. The predicted octanol–water partition coefficient (Wildman–Crippen LogP) is 4.55. The fourth-order valence-corrected chi connectivity index (χ4v) is 2.19. The van der Waals surface area contributed by atoms with Crippen LogP contribution in [-0.2, 0) is 6.42 Å². The first-order valence-corrected chi connectivity index (χ1v) is 6.91. The molecule has 0 spiro atoms. The largest absolute Gasteiger partial charge is 0.384 e. The molecular formula is C19H20O. The zero-order chi connectivity index (χ0) is 14.2. The fourth-order valence-electron chi connectivity index (χ4n) is 2.19. The molecule has 0 saturated heterocycles. The number of benzene rings is 2. The van der Waals surface area contributed by atoms with Crippen molar-refractivity contribution in [2.24, 2.45) is 0 Å². The topological polar surface area (TPSA) is 20.2 Å². The minimum atomic E-state index is -0.522. The van der Waals surface area contributed by atoms with Gasteiger partial charge in [-0.2, -0.15) is 0 Å². The lowest BCUT2D eigenvalue weighted by atomic mass is 10.0. The molecule has 0 aromatic heterocycles. The number of allylic oxidation sites excluding steroid dienone is 1. The molecule has 0 fully saturated rings. The van der Waals surface area contributed by atoms with E-state index in [1.165, 1.54) is 11.1 Å². The number of aryl methyl sites for hydroxylation is 1. The normalized spacial score (nSPS) is 12.4. The highest BCUT2D eigenvalue weighted by atomic mass is 16.3. The van der Waals surface area contributed by atoms with Crippen LogP contribution >= 0.6 is 0 Å². The molecule has 0 amide bonds. The summed E-state index contributed by atoms with van der Waals surface area (Å²) in [5.74, 6) is 0. The molecule has 2 aromatic carbocycles. The molecule has 0 heterocycles. The van der Waals surface area contributed by atoms with E-state index in [1.807, 2.05) is 60.7 Å². The van der Waals surface area contributed by atoms with Crippen molar-refractivity contribution in [1.82, 2.24) is 0 Å². The minimum absolute atomic E-state index is 0.522. The van der Waals surface area contributed by atoms with E-state index in [1.54, 1.807) is 0 Å². The number of rotatable bonds is 6. The lowest BCUT2D eigenvalue weighted by Crippen LogP contribution is -1.92. The molecule has 1 unspecified atom stereocenters. The number of hydrogen-bond acceptors (Lipinski definition) is 1. The molecule has 0 radical (unpaired) electrons. The van der Waals surface area contributed by atoms with Gasteiger partial charge in [-0.3, -0.25) is 0 Å². The van der Waals surface area contributed by atoms with Crippen molar-refractivity contribution in [2.45, 2.75) is 18.9 Å². The van der Waals surface area contributed by atoms with Gasteiger partial charge in [0.05, 0.1) is 6.10 Å². The predicted molar refractivity (Wildman–Crippen MR) is 85.4 cm³/mol. The van der Waals surface area contributed by atoms with Crippen molar-refractivity contribution in [3.05, 3.63) is 90.0 Å². The molecule has 2 aromatic rings. The number of aliphatic hydroxyl groups excluding tert-OH is 1. The summed E-state index contributed by atoms with van der Waals surface area (Å²) in [6.07, 6.45) is 7.13. The van der Waals surface area contributed by atoms with Gasteiger partial charge in [0, 0.05) is 0 Å². The van der Waals surface area contributed by atoms with Crippen LogP contribution in [0.25, 0.3) is 6.08 Å². The highest BCUT2D eigenvalue weighted by molar-refractivity contribution is 5.51. The Hall–Kier alpha value is -2.12. The number of aliphatic hydroxyl groups is 1. The zero-order valence-electron chi connectivity index (χ0n) is 11.6. The van der Waals surface area contributed by atoms with E-state index in [0.717, 1.165) is 18.4 Å². The molecule has 0 saturated carbocycles. The molecule has 2 rings (SSSR count). The van der Waals surface area contributed by atoms with Crippen LogP contribution < -0.4 is 0 Å². The molecule has 1 N–H and O–H groups in total. The average Bonchev–Trinajstić information content (AvgIpc) is 2.52. The fraction of sp³-hybridized carbons (Fsp3) is 0.158. The van der Waals surface area contributed by atoms with Gasteiger partial charge in [0.15, 0.2) is 0 Å². The molecule has 1 atom stereocenters. The first-order chi connectivity index (χ1) is 9.81. The van der Waals surface area contributed by atoms with Gasteiger partial charge >= 0.3 is 0 Å². The highest BCUT2D eigenvalue weighted by Gasteiger charge is 2.01. The summed E-state index contributed by atoms with van der Waals surface area (Å²) in [5.41, 5.74) is 3.40. The van der Waals surface area contributed by atoms with E-state index < -0.39 is 6.10 Å². The third-order valence-corrected chi connectivity index (χ3v) is 3.31. The van der Waals surface area contributed by atoms with Crippen LogP contribution in [0.15, 0.2) is 73.3 Å². The Labute approximate surface area is 120 Å². The van der Waals surface area contributed by atoms with Crippen LogP contribution in [0.5, 0.6) is 0 Å². The second-order valence-corrected chi connectivity index (χ2v) is 4.73. The summed E-state index contributed by atoms with van der Waals surface area (Å²) in [6.45, 7) is 3.83. The van der Waals surface area contributed by atoms with Crippen molar-refractivity contribution in [2.75, 3.05) is 0 Å². The van der Waals surface area contributed by atoms with Gasteiger partial charge in [0.25, 0.3) is 0 Å². The van der Waals surface area contributed by atoms with Gasteiger partial charge in [0.1, 0.15) is 0 Å². The standard InChI is InChI=1S/C19H20O/c1-2-16-10-6-7-11-17(16)12-8-9-15-19(20)18-13-4-3-5-14-18/h2-7,9-11,13-15,19-20H,1,8,12H2/b15-9+. The van der Waals surface area contributed by atoms with Crippen LogP contribution in [0, 0.1) is 0 Å². The first kappa shape index (κ1) is 14.3. The summed E-state index contributed by atoms with van der Waals surface area (Å²) in [4.78, 5) is 0. The molecule has 0 aliphatic rings. The van der Waals surface area contributed by atoms with E-state index in [-0.39, 0.29) is 0 Å². The number of hydrogen-bond donors (Lipinski definition) is 1. The Morgan fingerprint density at radius 1 is 1.00 bits per heavy atom. The van der Waals surface area contributed by atoms with E-state index in [9.17, 15) is 5.11 Å². The molecule has 1 nitrogen and oxygen atoms in total. The second kappa shape index (κ2) is 7.46. The lowest BCUT2D eigenvalue weighted by Gasteiger charge is -2.06. The third kappa shape index (κ3) is 3.94. The quantitative estimate of drug-likeness (QED) is 0.759. The maximum Gasteiger partial charge on any atom is 0.0971 e. The zero-order valence-corrected chi connectivity index (χ0v) is 11.6. The van der Waals surface area contributed by atoms with Gasteiger partial charge in [-0.25, -0.2) is 0 Å². The van der Waals surface area contributed by atoms with Crippen molar-refractivity contribution in [3.63, 3.8) is 0 Å². The van der Waals surface area contributed by atoms with Crippen molar-refractivity contribution in [3.8, 4) is 0 Å². The average molecular weight is 264 g/mol. The lowest BCUT2D eigenvalue weighted by molar-refractivity contribution is 0.228. The monoisotopic (exact) mass is 264 g/mol. The van der Waals surface area contributed by atoms with E-state index in [4.69, 9.17) is 0 Å². The van der Waals surface area contributed by atoms with Gasteiger partial charge < -0.3 is 5.11 Å². The summed E-state index contributed by atoms with van der Waals surface area (Å²) in [5, 5.41) is 10.0. The molecule has 0 bridgehead atoms. The third-order valence-electron chi connectivity index (χ3n) is 3.31. The van der Waals surface area contributed by atoms with Crippen molar-refractivity contribution >= 4 is 6.08 Å². The minimum Gasteiger partial charge on any atom is -0.384 e. The van der Waals surface area contributed by atoms with Crippen molar-refractivity contribution in [1.29, 1.82) is 0 Å². The van der Waals surface area contributed by atoms with E-state index >= 15 is 0 Å². The second-order valence-electron chi connectivity index (χ2n) is 4.73. The van der Waals surface area contributed by atoms with Crippen LogP contribution in [0.4, 0.5) is 0 Å². The Bertz CT molecular complexity index is 569. The van der Waals surface area contributed by atoms with Crippen LogP contribution in [0.1, 0.15) is 29.2 Å². The maximum atomic E-state index is 10.0. The molecule has 1 heteroatoms. The summed E-state index contributed by atoms with van der Waals surface area (Å²) < 4.78 is 0. The van der Waals surface area contributed by atoms with Gasteiger partial charge in [-0.15, -0.1) is 0 Å². The summed E-state index contributed by atoms with van der Waals surface area (Å²) in [6, 6.07) is 18.0. The molecule has 20 heavy (non-hydrogen) atoms. The van der Waals surface area contributed by atoms with E-state index in [2.05, 4.69) is 18.7 Å². The molecular weight excluding hydrogens is 244 g/mol. The maximum absolute atomic E-state index is 10.0. The Morgan fingerprint density at radius 3 is 2.45 bits per heavy atom.